The maximum absolute atomic E-state index is 15.3. The van der Waals surface area contributed by atoms with E-state index in [9.17, 15) is 4.79 Å². The maximum Gasteiger partial charge on any atom is 0.280 e. The molecule has 1 amide bonds. The van der Waals surface area contributed by atoms with Crippen LogP contribution in [0.3, 0.4) is 0 Å². The number of rotatable bonds is 2. The topological polar surface area (TPSA) is 38.1 Å². The molecule has 1 unspecified atom stereocenters. The molecule has 4 nitrogen and oxygen atoms in total. The summed E-state index contributed by atoms with van der Waals surface area (Å²) in [6.07, 6.45) is 2.14. The normalized spacial score (nSPS) is 19.1. The molecule has 0 radical (unpaired) electrons. The predicted molar refractivity (Wildman–Crippen MR) is 115 cm³/mol. The summed E-state index contributed by atoms with van der Waals surface area (Å²) in [5.74, 6) is -0.695. The van der Waals surface area contributed by atoms with E-state index in [0.29, 0.717) is 22.3 Å². The van der Waals surface area contributed by atoms with Crippen molar-refractivity contribution in [3.8, 4) is 11.1 Å². The van der Waals surface area contributed by atoms with Gasteiger partial charge in [0.15, 0.2) is 11.5 Å². The molecule has 0 N–H and O–H groups in total. The molecule has 3 heterocycles. The van der Waals surface area contributed by atoms with Crippen LogP contribution in [-0.4, -0.2) is 15.7 Å². The van der Waals surface area contributed by atoms with Crippen LogP contribution in [0.1, 0.15) is 72.0 Å². The monoisotopic (exact) mass is 441 g/mol. The summed E-state index contributed by atoms with van der Waals surface area (Å²) in [4.78, 5) is 15.1. The molecule has 1 saturated carbocycles. The molecule has 1 fully saturated rings. The zero-order chi connectivity index (χ0) is 20.9. The van der Waals surface area contributed by atoms with Crippen molar-refractivity contribution in [3.05, 3.63) is 68.7 Å². The van der Waals surface area contributed by atoms with Gasteiger partial charge in [0, 0.05) is 21.8 Å². The summed E-state index contributed by atoms with van der Waals surface area (Å²) < 4.78 is 17.3. The number of carbonyl (C=O) groups is 1. The average Bonchev–Trinajstić information content (AvgIpc) is 3.42. The predicted octanol–water partition coefficient (Wildman–Crippen LogP) is 6.52. The molecule has 0 saturated heterocycles. The maximum atomic E-state index is 15.3. The first kappa shape index (κ1) is 18.4. The Bertz CT molecular complexity index is 1260. The van der Waals surface area contributed by atoms with E-state index in [1.807, 2.05) is 22.9 Å². The highest BCUT2D eigenvalue weighted by Gasteiger charge is 2.50. The molecular formula is C23H18Cl2FN3O. The molecular weight excluding hydrogens is 424 g/mol. The third kappa shape index (κ3) is 2.28. The van der Waals surface area contributed by atoms with Gasteiger partial charge in [-0.1, -0.05) is 49.2 Å². The first-order chi connectivity index (χ1) is 14.4. The van der Waals surface area contributed by atoms with E-state index in [-0.39, 0.29) is 22.5 Å². The number of amides is 1. The Morgan fingerprint density at radius 2 is 1.90 bits per heavy atom. The average molecular weight is 442 g/mol. The van der Waals surface area contributed by atoms with E-state index in [1.54, 1.807) is 6.07 Å². The lowest BCUT2D eigenvalue weighted by molar-refractivity contribution is 0.0986. The minimum atomic E-state index is -0.593. The molecule has 152 valence electrons. The molecule has 1 aromatic heterocycles. The number of halogens is 3. The van der Waals surface area contributed by atoms with Gasteiger partial charge in [0.25, 0.3) is 5.91 Å². The summed E-state index contributed by atoms with van der Waals surface area (Å²) in [6.45, 7) is 4.22. The van der Waals surface area contributed by atoms with Crippen LogP contribution in [-0.2, 0) is 0 Å². The molecule has 30 heavy (non-hydrogen) atoms. The Balaban J connectivity index is 1.70. The fraction of sp³-hybridized carbons (Fsp3) is 0.304. The second-order valence-corrected chi connectivity index (χ2v) is 9.39. The Hall–Kier alpha value is -2.37. The quantitative estimate of drug-likeness (QED) is 0.453. The van der Waals surface area contributed by atoms with Crippen LogP contribution in [0.5, 0.6) is 0 Å². The third-order valence-electron chi connectivity index (χ3n) is 6.29. The minimum Gasteiger partial charge on any atom is -0.292 e. The molecule has 0 bridgehead atoms. The van der Waals surface area contributed by atoms with E-state index in [2.05, 4.69) is 13.8 Å². The summed E-state index contributed by atoms with van der Waals surface area (Å²) in [5, 5.41) is 5.29. The number of hydrogen-bond donors (Lipinski definition) is 0. The Kier molecular flexibility index (Phi) is 3.73. The van der Waals surface area contributed by atoms with E-state index in [1.165, 1.54) is 11.0 Å². The molecule has 3 aliphatic rings. The van der Waals surface area contributed by atoms with Gasteiger partial charge in [-0.05, 0) is 48.1 Å². The SMILES string of the molecule is CC(C)c1c2c(nn1C1CC1)C(=O)N1c3c(ccc(Cl)c3F)-c3cc(Cl)ccc3C21. The molecule has 1 aliphatic carbocycles. The second-order valence-electron chi connectivity index (χ2n) is 8.54. The van der Waals surface area contributed by atoms with E-state index in [4.69, 9.17) is 28.3 Å². The van der Waals surface area contributed by atoms with Crippen LogP contribution in [0.4, 0.5) is 10.1 Å². The fourth-order valence-electron chi connectivity index (χ4n) is 4.94. The van der Waals surface area contributed by atoms with Gasteiger partial charge in [0.1, 0.15) is 0 Å². The lowest BCUT2D eigenvalue weighted by Gasteiger charge is -2.35. The first-order valence-electron chi connectivity index (χ1n) is 10.1. The number of fused-ring (bicyclic) bond motifs is 8. The lowest BCUT2D eigenvalue weighted by Crippen LogP contribution is -2.34. The fourth-order valence-corrected chi connectivity index (χ4v) is 5.26. The number of nitrogens with zero attached hydrogens (tertiary/aromatic N) is 3. The minimum absolute atomic E-state index is 0.0116. The van der Waals surface area contributed by atoms with Crippen molar-refractivity contribution in [1.29, 1.82) is 0 Å². The Labute approximate surface area is 183 Å². The smallest absolute Gasteiger partial charge is 0.280 e. The van der Waals surface area contributed by atoms with Crippen LogP contribution in [0.25, 0.3) is 11.1 Å². The lowest BCUT2D eigenvalue weighted by atomic mass is 9.85. The zero-order valence-corrected chi connectivity index (χ0v) is 17.9. The van der Waals surface area contributed by atoms with E-state index < -0.39 is 11.9 Å². The zero-order valence-electron chi connectivity index (χ0n) is 16.4. The van der Waals surface area contributed by atoms with Crippen molar-refractivity contribution < 1.29 is 9.18 Å². The molecule has 6 rings (SSSR count). The van der Waals surface area contributed by atoms with Crippen molar-refractivity contribution in [2.75, 3.05) is 4.90 Å². The first-order valence-corrected chi connectivity index (χ1v) is 10.9. The summed E-state index contributed by atoms with van der Waals surface area (Å²) >= 11 is 12.4. The summed E-state index contributed by atoms with van der Waals surface area (Å²) in [7, 11) is 0. The van der Waals surface area contributed by atoms with Crippen molar-refractivity contribution in [2.24, 2.45) is 0 Å². The van der Waals surface area contributed by atoms with Gasteiger partial charge in [0.05, 0.1) is 22.8 Å². The largest absolute Gasteiger partial charge is 0.292 e. The summed E-state index contributed by atoms with van der Waals surface area (Å²) in [5.41, 5.74) is 4.93. The number of hydrogen-bond acceptors (Lipinski definition) is 2. The molecule has 0 spiro atoms. The van der Waals surface area contributed by atoms with Crippen LogP contribution in [0, 0.1) is 5.82 Å². The molecule has 2 aliphatic heterocycles. The van der Waals surface area contributed by atoms with Gasteiger partial charge >= 0.3 is 0 Å². The van der Waals surface area contributed by atoms with Crippen molar-refractivity contribution >= 4 is 34.8 Å². The Morgan fingerprint density at radius 1 is 1.13 bits per heavy atom. The Morgan fingerprint density at radius 3 is 2.60 bits per heavy atom. The van der Waals surface area contributed by atoms with Gasteiger partial charge in [-0.3, -0.25) is 14.4 Å². The third-order valence-corrected chi connectivity index (χ3v) is 6.82. The highest BCUT2D eigenvalue weighted by Crippen LogP contribution is 2.55. The highest BCUT2D eigenvalue weighted by molar-refractivity contribution is 6.32. The van der Waals surface area contributed by atoms with Crippen LogP contribution in [0.2, 0.25) is 10.0 Å². The molecule has 2 aromatic carbocycles. The second kappa shape index (κ2) is 6.08. The van der Waals surface area contributed by atoms with Crippen LogP contribution < -0.4 is 4.90 Å². The van der Waals surface area contributed by atoms with Gasteiger partial charge in [0.2, 0.25) is 0 Å². The number of anilines is 1. The summed E-state index contributed by atoms with van der Waals surface area (Å²) in [6, 6.07) is 8.77. The standard InChI is InChI=1S/C23H18Cl2FN3O/c1-10(2)20-17-19(27-29(20)12-4-5-12)23(30)28-21(17)13-6-3-11(24)9-15(13)14-7-8-16(25)18(26)22(14)28/h3,6-10,12,21H,4-5H2,1-2H3. The van der Waals surface area contributed by atoms with E-state index >= 15 is 4.39 Å². The number of aromatic nitrogens is 2. The number of carbonyl (C=O) groups excluding carboxylic acids is 1. The highest BCUT2D eigenvalue weighted by atomic mass is 35.5. The van der Waals surface area contributed by atoms with Crippen molar-refractivity contribution in [2.45, 2.75) is 44.7 Å². The van der Waals surface area contributed by atoms with Crippen LogP contribution >= 0.6 is 23.2 Å². The molecule has 3 aromatic rings. The van der Waals surface area contributed by atoms with Gasteiger partial charge in [-0.15, -0.1) is 0 Å². The van der Waals surface area contributed by atoms with Crippen molar-refractivity contribution in [3.63, 3.8) is 0 Å². The van der Waals surface area contributed by atoms with Crippen LogP contribution in [0.15, 0.2) is 30.3 Å². The molecule has 7 heteroatoms. The molecule has 1 atom stereocenters. The van der Waals surface area contributed by atoms with Gasteiger partial charge < -0.3 is 0 Å². The number of benzene rings is 2. The van der Waals surface area contributed by atoms with Crippen molar-refractivity contribution in [1.82, 2.24) is 9.78 Å². The van der Waals surface area contributed by atoms with Gasteiger partial charge in [-0.25, -0.2) is 4.39 Å². The van der Waals surface area contributed by atoms with Gasteiger partial charge in [-0.2, -0.15) is 5.10 Å². The van der Waals surface area contributed by atoms with E-state index in [0.717, 1.165) is 35.2 Å².